The molecule has 4 aromatic rings. The normalized spacial score (nSPS) is 10.8. The van der Waals surface area contributed by atoms with Gasteiger partial charge in [0.2, 0.25) is 0 Å². The van der Waals surface area contributed by atoms with E-state index >= 15 is 0 Å². The summed E-state index contributed by atoms with van der Waals surface area (Å²) in [5.74, 6) is 0.413. The first-order valence-electron chi connectivity index (χ1n) is 10.2. The third-order valence-corrected chi connectivity index (χ3v) is 5.23. The molecule has 0 spiro atoms. The van der Waals surface area contributed by atoms with Crippen LogP contribution in [0.5, 0.6) is 5.75 Å². The lowest BCUT2D eigenvalue weighted by Gasteiger charge is -2.08. The number of anilines is 2. The third-order valence-electron chi connectivity index (χ3n) is 5.23. The molecule has 0 saturated heterocycles. The molecular formula is C23H24N6O4. The molecule has 0 fully saturated rings. The molecule has 0 bridgehead atoms. The number of hydrogen-bond donors (Lipinski definition) is 2. The molecule has 10 nitrogen and oxygen atoms in total. The summed E-state index contributed by atoms with van der Waals surface area (Å²) >= 11 is 0. The summed E-state index contributed by atoms with van der Waals surface area (Å²) in [5, 5.41) is 13.7. The highest BCUT2D eigenvalue weighted by Crippen LogP contribution is 2.21. The standard InChI is InChI=1S/C23H24N6O4/c1-14-7-5-6-8-19(14)32-13-16-9-10-20(33-16)22(30)27-18-12-25-29(4)21(18)23(31)26-17-11-24-28(3)15(17)2/h5-12H,13H2,1-4H3,(H,26,31)(H,27,30). The van der Waals surface area contributed by atoms with E-state index in [1.54, 1.807) is 37.1 Å². The Labute approximate surface area is 190 Å². The predicted octanol–water partition coefficient (Wildman–Crippen LogP) is 3.45. The average molecular weight is 448 g/mol. The summed E-state index contributed by atoms with van der Waals surface area (Å²) in [6, 6.07) is 10.9. The zero-order valence-electron chi connectivity index (χ0n) is 18.7. The van der Waals surface area contributed by atoms with Crippen molar-refractivity contribution in [2.75, 3.05) is 10.6 Å². The van der Waals surface area contributed by atoms with Gasteiger partial charge in [-0.2, -0.15) is 10.2 Å². The van der Waals surface area contributed by atoms with E-state index in [9.17, 15) is 9.59 Å². The zero-order chi connectivity index (χ0) is 23.5. The largest absolute Gasteiger partial charge is 0.485 e. The van der Waals surface area contributed by atoms with E-state index in [1.807, 2.05) is 38.1 Å². The Morgan fingerprint density at radius 1 is 0.939 bits per heavy atom. The van der Waals surface area contributed by atoms with Crippen molar-refractivity contribution < 1.29 is 18.7 Å². The van der Waals surface area contributed by atoms with Crippen LogP contribution < -0.4 is 15.4 Å². The molecular weight excluding hydrogens is 424 g/mol. The van der Waals surface area contributed by atoms with Gasteiger partial charge >= 0.3 is 0 Å². The highest BCUT2D eigenvalue weighted by Gasteiger charge is 2.22. The van der Waals surface area contributed by atoms with Crippen molar-refractivity contribution in [1.29, 1.82) is 0 Å². The zero-order valence-corrected chi connectivity index (χ0v) is 18.7. The summed E-state index contributed by atoms with van der Waals surface area (Å²) in [6.07, 6.45) is 2.97. The summed E-state index contributed by atoms with van der Waals surface area (Å²) in [4.78, 5) is 25.6. The molecule has 0 radical (unpaired) electrons. The van der Waals surface area contributed by atoms with Crippen molar-refractivity contribution >= 4 is 23.2 Å². The maximum atomic E-state index is 12.8. The molecule has 1 aromatic carbocycles. The van der Waals surface area contributed by atoms with Crippen LogP contribution in [0.2, 0.25) is 0 Å². The molecule has 10 heteroatoms. The van der Waals surface area contributed by atoms with Gasteiger partial charge in [0.15, 0.2) is 5.76 Å². The van der Waals surface area contributed by atoms with Crippen molar-refractivity contribution in [3.8, 4) is 5.75 Å². The van der Waals surface area contributed by atoms with Crippen molar-refractivity contribution in [1.82, 2.24) is 19.6 Å². The quantitative estimate of drug-likeness (QED) is 0.447. The van der Waals surface area contributed by atoms with Crippen LogP contribution >= 0.6 is 0 Å². The molecule has 4 rings (SSSR count). The Balaban J connectivity index is 1.43. The van der Waals surface area contributed by atoms with E-state index in [0.717, 1.165) is 17.0 Å². The maximum Gasteiger partial charge on any atom is 0.291 e. The van der Waals surface area contributed by atoms with Gasteiger partial charge in [-0.15, -0.1) is 0 Å². The first-order valence-corrected chi connectivity index (χ1v) is 10.2. The lowest BCUT2D eigenvalue weighted by Crippen LogP contribution is -2.20. The SMILES string of the molecule is Cc1ccccc1OCc1ccc(C(=O)Nc2cnn(C)c2C(=O)Nc2cnn(C)c2C)o1. The lowest BCUT2D eigenvalue weighted by molar-refractivity contribution is 0.0992. The van der Waals surface area contributed by atoms with Crippen molar-refractivity contribution in [2.45, 2.75) is 20.5 Å². The number of ether oxygens (including phenoxy) is 1. The van der Waals surface area contributed by atoms with Gasteiger partial charge in [-0.05, 0) is 37.6 Å². The Morgan fingerprint density at radius 3 is 2.36 bits per heavy atom. The Hall–Kier alpha value is -4.34. The fourth-order valence-corrected chi connectivity index (χ4v) is 3.23. The Bertz CT molecular complexity index is 1320. The van der Waals surface area contributed by atoms with Crippen molar-refractivity contribution in [2.24, 2.45) is 14.1 Å². The number of nitrogens with zero attached hydrogens (tertiary/aromatic N) is 4. The fraction of sp³-hybridized carbons (Fsp3) is 0.217. The van der Waals surface area contributed by atoms with Crippen LogP contribution in [0.15, 0.2) is 53.2 Å². The number of furan rings is 1. The second-order valence-corrected chi connectivity index (χ2v) is 7.53. The van der Waals surface area contributed by atoms with E-state index in [4.69, 9.17) is 9.15 Å². The summed E-state index contributed by atoms with van der Waals surface area (Å²) in [5.41, 5.74) is 2.83. The summed E-state index contributed by atoms with van der Waals surface area (Å²) in [6.45, 7) is 3.97. The highest BCUT2D eigenvalue weighted by atomic mass is 16.5. The minimum atomic E-state index is -0.503. The minimum absolute atomic E-state index is 0.0942. The number of carbonyl (C=O) groups is 2. The van der Waals surface area contributed by atoms with Crippen LogP contribution in [0.3, 0.4) is 0 Å². The maximum absolute atomic E-state index is 12.8. The topological polar surface area (TPSA) is 116 Å². The van der Waals surface area contributed by atoms with Crippen LogP contribution in [0.25, 0.3) is 0 Å². The van der Waals surface area contributed by atoms with Gasteiger partial charge < -0.3 is 19.8 Å². The van der Waals surface area contributed by atoms with E-state index in [2.05, 4.69) is 20.8 Å². The molecule has 3 aromatic heterocycles. The molecule has 0 aliphatic carbocycles. The molecule has 170 valence electrons. The number of carbonyl (C=O) groups excluding carboxylic acids is 2. The van der Waals surface area contributed by atoms with Crippen molar-refractivity contribution in [3.05, 3.63) is 77.3 Å². The number of rotatable bonds is 7. The molecule has 2 amide bonds. The van der Waals surface area contributed by atoms with E-state index in [-0.39, 0.29) is 23.7 Å². The number of hydrogen-bond acceptors (Lipinski definition) is 6. The number of aryl methyl sites for hydroxylation is 3. The molecule has 2 N–H and O–H groups in total. The van der Waals surface area contributed by atoms with Gasteiger partial charge in [0.25, 0.3) is 11.8 Å². The average Bonchev–Trinajstić information content (AvgIpc) is 3.49. The Morgan fingerprint density at radius 2 is 1.64 bits per heavy atom. The second kappa shape index (κ2) is 9.03. The number of benzene rings is 1. The molecule has 0 unspecified atom stereocenters. The van der Waals surface area contributed by atoms with Crippen LogP contribution in [-0.2, 0) is 20.7 Å². The van der Waals surface area contributed by atoms with Crippen LogP contribution in [0.1, 0.15) is 38.1 Å². The number of aromatic nitrogens is 4. The third kappa shape index (κ3) is 4.64. The van der Waals surface area contributed by atoms with Gasteiger partial charge in [-0.1, -0.05) is 18.2 Å². The van der Waals surface area contributed by atoms with Gasteiger partial charge in [0.05, 0.1) is 29.5 Å². The molecule has 0 atom stereocenters. The van der Waals surface area contributed by atoms with Gasteiger partial charge in [0.1, 0.15) is 23.8 Å². The minimum Gasteiger partial charge on any atom is -0.485 e. The summed E-state index contributed by atoms with van der Waals surface area (Å²) in [7, 11) is 3.40. The number of amides is 2. The fourth-order valence-electron chi connectivity index (χ4n) is 3.23. The second-order valence-electron chi connectivity index (χ2n) is 7.53. The molecule has 33 heavy (non-hydrogen) atoms. The van der Waals surface area contributed by atoms with Crippen LogP contribution in [0, 0.1) is 13.8 Å². The first-order chi connectivity index (χ1) is 15.8. The Kier molecular flexibility index (Phi) is 5.99. The monoisotopic (exact) mass is 448 g/mol. The number of nitrogens with one attached hydrogen (secondary N) is 2. The number of para-hydroxylation sites is 1. The summed E-state index contributed by atoms with van der Waals surface area (Å²) < 4.78 is 14.4. The van der Waals surface area contributed by atoms with E-state index in [0.29, 0.717) is 11.4 Å². The predicted molar refractivity (Wildman–Crippen MR) is 121 cm³/mol. The lowest BCUT2D eigenvalue weighted by atomic mass is 10.2. The molecule has 0 aliphatic heterocycles. The van der Waals surface area contributed by atoms with Crippen molar-refractivity contribution in [3.63, 3.8) is 0 Å². The van der Waals surface area contributed by atoms with Gasteiger partial charge in [-0.25, -0.2) is 0 Å². The first kappa shape index (κ1) is 21.9. The van der Waals surface area contributed by atoms with Crippen LogP contribution in [-0.4, -0.2) is 31.4 Å². The van der Waals surface area contributed by atoms with Crippen LogP contribution in [0.4, 0.5) is 11.4 Å². The highest BCUT2D eigenvalue weighted by molar-refractivity contribution is 6.11. The molecule has 0 saturated carbocycles. The molecule has 3 heterocycles. The van der Waals surface area contributed by atoms with Gasteiger partial charge in [0, 0.05) is 14.1 Å². The smallest absolute Gasteiger partial charge is 0.291 e. The molecule has 0 aliphatic rings. The van der Waals surface area contributed by atoms with Gasteiger partial charge in [-0.3, -0.25) is 19.0 Å². The van der Waals surface area contributed by atoms with E-state index in [1.165, 1.54) is 10.9 Å². The van der Waals surface area contributed by atoms with E-state index < -0.39 is 11.8 Å².